The number of sulfonamides is 1. The highest BCUT2D eigenvalue weighted by molar-refractivity contribution is 7.92. The van der Waals surface area contributed by atoms with Crippen LogP contribution in [-0.2, 0) is 24.3 Å². The van der Waals surface area contributed by atoms with Crippen LogP contribution < -0.4 is 9.62 Å². The third-order valence-electron chi connectivity index (χ3n) is 3.46. The van der Waals surface area contributed by atoms with E-state index < -0.39 is 28.4 Å². The van der Waals surface area contributed by atoms with Gasteiger partial charge in [-0.15, -0.1) is 0 Å². The summed E-state index contributed by atoms with van der Waals surface area (Å²) in [4.78, 5) is 22.8. The number of carbonyl (C=O) groups is 2. The second-order valence-electron chi connectivity index (χ2n) is 5.47. The van der Waals surface area contributed by atoms with E-state index in [0.717, 1.165) is 6.07 Å². The zero-order valence-electron chi connectivity index (χ0n) is 14.8. The minimum atomic E-state index is -4.26. The lowest BCUT2D eigenvalue weighted by molar-refractivity contribution is -0.141. The summed E-state index contributed by atoms with van der Waals surface area (Å²) in [6, 6.07) is 10.6. The molecule has 0 saturated heterocycles. The molecular weight excluding hydrogens is 375 g/mol. The van der Waals surface area contributed by atoms with Crippen LogP contribution in [0.15, 0.2) is 53.4 Å². The van der Waals surface area contributed by atoms with Gasteiger partial charge in [0.15, 0.2) is 0 Å². The van der Waals surface area contributed by atoms with Gasteiger partial charge in [0.2, 0.25) is 5.91 Å². The second kappa shape index (κ2) is 8.63. The summed E-state index contributed by atoms with van der Waals surface area (Å²) >= 11 is 0. The second-order valence-corrected chi connectivity index (χ2v) is 7.34. The molecule has 0 bridgehead atoms. The molecule has 2 aromatic rings. The van der Waals surface area contributed by atoms with Gasteiger partial charge in [0, 0.05) is 12.6 Å². The number of anilines is 2. The van der Waals surface area contributed by atoms with Crippen molar-refractivity contribution < 1.29 is 27.1 Å². The van der Waals surface area contributed by atoms with Crippen molar-refractivity contribution in [1.82, 2.24) is 0 Å². The van der Waals surface area contributed by atoms with E-state index in [1.54, 1.807) is 6.92 Å². The molecule has 0 aromatic heterocycles. The Morgan fingerprint density at radius 1 is 1.11 bits per heavy atom. The van der Waals surface area contributed by atoms with Crippen LogP contribution in [0.2, 0.25) is 0 Å². The van der Waals surface area contributed by atoms with Crippen LogP contribution in [0.3, 0.4) is 0 Å². The van der Waals surface area contributed by atoms with E-state index in [1.807, 2.05) is 0 Å². The first kappa shape index (κ1) is 20.4. The van der Waals surface area contributed by atoms with Crippen molar-refractivity contribution in [3.63, 3.8) is 0 Å². The van der Waals surface area contributed by atoms with Gasteiger partial charge in [-0.3, -0.25) is 13.9 Å². The molecule has 0 heterocycles. The van der Waals surface area contributed by atoms with Crippen LogP contribution in [-0.4, -0.2) is 33.4 Å². The monoisotopic (exact) mass is 394 g/mol. The smallest absolute Gasteiger partial charge is 0.326 e. The van der Waals surface area contributed by atoms with Crippen molar-refractivity contribution >= 4 is 33.3 Å². The Kier molecular flexibility index (Phi) is 6.51. The van der Waals surface area contributed by atoms with Crippen LogP contribution in [0.5, 0.6) is 0 Å². The first-order chi connectivity index (χ1) is 12.8. The molecule has 2 aromatic carbocycles. The van der Waals surface area contributed by atoms with Gasteiger partial charge in [-0.1, -0.05) is 12.1 Å². The van der Waals surface area contributed by atoms with Crippen LogP contribution in [0.1, 0.15) is 13.8 Å². The lowest BCUT2D eigenvalue weighted by Gasteiger charge is -2.24. The van der Waals surface area contributed by atoms with Crippen LogP contribution >= 0.6 is 0 Å². The van der Waals surface area contributed by atoms with Crippen molar-refractivity contribution in [2.24, 2.45) is 0 Å². The highest BCUT2D eigenvalue weighted by atomic mass is 32.2. The number of rotatable bonds is 7. The third kappa shape index (κ3) is 5.04. The first-order valence-electron chi connectivity index (χ1n) is 8.06. The topological polar surface area (TPSA) is 92.8 Å². The molecule has 0 unspecified atom stereocenters. The third-order valence-corrected chi connectivity index (χ3v) is 5.24. The maximum atomic E-state index is 14.2. The number of hydrogen-bond donors (Lipinski definition) is 1. The number of ether oxygens (including phenoxy) is 1. The highest BCUT2D eigenvalue weighted by Gasteiger charge is 2.29. The largest absolute Gasteiger partial charge is 0.465 e. The zero-order valence-corrected chi connectivity index (χ0v) is 15.6. The number of amides is 1. The molecule has 9 heteroatoms. The predicted octanol–water partition coefficient (Wildman–Crippen LogP) is 2.54. The summed E-state index contributed by atoms with van der Waals surface area (Å²) in [6.45, 7) is 2.30. The van der Waals surface area contributed by atoms with Gasteiger partial charge >= 0.3 is 5.97 Å². The summed E-state index contributed by atoms with van der Waals surface area (Å²) in [5.74, 6) is -1.90. The average molecular weight is 394 g/mol. The van der Waals surface area contributed by atoms with Crippen molar-refractivity contribution in [2.45, 2.75) is 18.7 Å². The lowest BCUT2D eigenvalue weighted by Crippen LogP contribution is -2.37. The quantitative estimate of drug-likeness (QED) is 0.729. The lowest BCUT2D eigenvalue weighted by atomic mass is 10.3. The van der Waals surface area contributed by atoms with E-state index in [2.05, 4.69) is 5.32 Å². The molecule has 2 rings (SSSR count). The number of benzene rings is 2. The maximum absolute atomic E-state index is 14.2. The van der Waals surface area contributed by atoms with E-state index >= 15 is 0 Å². The SMILES string of the molecule is CCOC(=O)CN(c1ccccc1F)S(=O)(=O)c1ccc(NC(C)=O)cc1. The molecule has 0 fully saturated rings. The van der Waals surface area contributed by atoms with Crippen LogP contribution in [0.25, 0.3) is 0 Å². The number of nitrogens with zero attached hydrogens (tertiary/aromatic N) is 1. The summed E-state index contributed by atoms with van der Waals surface area (Å²) < 4.78 is 45.7. The molecule has 0 spiro atoms. The van der Waals surface area contributed by atoms with Gasteiger partial charge in [-0.25, -0.2) is 12.8 Å². The molecule has 144 valence electrons. The number of halogens is 1. The Bertz CT molecular complexity index is 929. The van der Waals surface area contributed by atoms with Gasteiger partial charge in [0.1, 0.15) is 12.4 Å². The summed E-state index contributed by atoms with van der Waals surface area (Å²) in [5, 5.41) is 2.52. The Hall–Kier alpha value is -2.94. The molecule has 1 amide bonds. The van der Waals surface area contributed by atoms with E-state index in [9.17, 15) is 22.4 Å². The summed E-state index contributed by atoms with van der Waals surface area (Å²) in [5.41, 5.74) is 0.140. The molecule has 0 saturated carbocycles. The van der Waals surface area contributed by atoms with Gasteiger partial charge < -0.3 is 10.1 Å². The van der Waals surface area contributed by atoms with Crippen molar-refractivity contribution in [3.05, 3.63) is 54.3 Å². The number of nitrogens with one attached hydrogen (secondary N) is 1. The summed E-state index contributed by atoms with van der Waals surface area (Å²) in [6.07, 6.45) is 0. The molecule has 0 aliphatic rings. The molecule has 0 radical (unpaired) electrons. The van der Waals surface area contributed by atoms with E-state index in [0.29, 0.717) is 9.99 Å². The average Bonchev–Trinajstić information content (AvgIpc) is 2.60. The minimum absolute atomic E-state index is 0.0649. The van der Waals surface area contributed by atoms with Crippen LogP contribution in [0.4, 0.5) is 15.8 Å². The number of para-hydroxylation sites is 1. The van der Waals surface area contributed by atoms with E-state index in [-0.39, 0.29) is 23.1 Å². The van der Waals surface area contributed by atoms with Crippen molar-refractivity contribution in [1.29, 1.82) is 0 Å². The Labute approximate surface area is 156 Å². The van der Waals surface area contributed by atoms with Gasteiger partial charge in [-0.2, -0.15) is 0 Å². The molecule has 0 aliphatic carbocycles. The van der Waals surface area contributed by atoms with E-state index in [4.69, 9.17) is 4.74 Å². The van der Waals surface area contributed by atoms with Gasteiger partial charge in [0.05, 0.1) is 17.2 Å². The van der Waals surface area contributed by atoms with Gasteiger partial charge in [-0.05, 0) is 43.3 Å². The van der Waals surface area contributed by atoms with E-state index in [1.165, 1.54) is 49.4 Å². The predicted molar refractivity (Wildman–Crippen MR) is 98.3 cm³/mol. The summed E-state index contributed by atoms with van der Waals surface area (Å²) in [7, 11) is -4.26. The maximum Gasteiger partial charge on any atom is 0.326 e. The van der Waals surface area contributed by atoms with Crippen LogP contribution in [0, 0.1) is 5.82 Å². The highest BCUT2D eigenvalue weighted by Crippen LogP contribution is 2.27. The molecule has 1 N–H and O–H groups in total. The number of esters is 1. The van der Waals surface area contributed by atoms with Crippen molar-refractivity contribution in [3.8, 4) is 0 Å². The van der Waals surface area contributed by atoms with Crippen molar-refractivity contribution in [2.75, 3.05) is 22.8 Å². The Morgan fingerprint density at radius 3 is 2.30 bits per heavy atom. The molecule has 7 nitrogen and oxygen atoms in total. The fourth-order valence-electron chi connectivity index (χ4n) is 2.32. The molecule has 0 aliphatic heterocycles. The Morgan fingerprint density at radius 2 is 1.74 bits per heavy atom. The molecule has 27 heavy (non-hydrogen) atoms. The number of carbonyl (C=O) groups excluding carboxylic acids is 2. The standard InChI is InChI=1S/C18H19FN2O5S/c1-3-26-18(23)12-21(17-7-5-4-6-16(17)19)27(24,25)15-10-8-14(9-11-15)20-13(2)22/h4-11H,3,12H2,1-2H3,(H,20,22). The fraction of sp³-hybridized carbons (Fsp3) is 0.222. The normalized spacial score (nSPS) is 10.9. The first-order valence-corrected chi connectivity index (χ1v) is 9.50. The molecule has 0 atom stereocenters. The number of hydrogen-bond acceptors (Lipinski definition) is 5. The van der Waals surface area contributed by atoms with Gasteiger partial charge in [0.25, 0.3) is 10.0 Å². The fourth-order valence-corrected chi connectivity index (χ4v) is 3.74. The Balaban J connectivity index is 2.45. The minimum Gasteiger partial charge on any atom is -0.465 e. The zero-order chi connectivity index (χ0) is 20.0. The molecular formula is C18H19FN2O5S.